The van der Waals surface area contributed by atoms with Crippen molar-refractivity contribution >= 4 is 11.0 Å². The van der Waals surface area contributed by atoms with E-state index in [1.165, 1.54) is 0 Å². The molecule has 124 valence electrons. The number of fused-ring (bicyclic) bond motifs is 1. The molecule has 9 nitrogen and oxygen atoms in total. The second-order valence-electron chi connectivity index (χ2n) is 5.14. The SMILES string of the molecule is O=c1c(O[C@@H]2OC[C@H](O)[C@H](O)[C@H]2O)coc2cc(O)cc(O)c12. The smallest absolute Gasteiger partial charge is 0.238 e. The summed E-state index contributed by atoms with van der Waals surface area (Å²) in [6, 6.07) is 2.11. The van der Waals surface area contributed by atoms with Gasteiger partial charge in [0, 0.05) is 12.1 Å². The Kier molecular flexibility index (Phi) is 3.86. The van der Waals surface area contributed by atoms with Crippen LogP contribution in [0.3, 0.4) is 0 Å². The molecule has 4 atom stereocenters. The Labute approximate surface area is 128 Å². The number of phenols is 2. The molecule has 0 aliphatic carbocycles. The van der Waals surface area contributed by atoms with E-state index < -0.39 is 35.8 Å². The average Bonchev–Trinajstić information content (AvgIpc) is 2.49. The summed E-state index contributed by atoms with van der Waals surface area (Å²) in [5, 5.41) is 47.6. The molecule has 1 aromatic heterocycles. The maximum absolute atomic E-state index is 12.3. The van der Waals surface area contributed by atoms with Crippen molar-refractivity contribution in [2.45, 2.75) is 24.6 Å². The molecule has 0 amide bonds. The van der Waals surface area contributed by atoms with E-state index >= 15 is 0 Å². The van der Waals surface area contributed by atoms with E-state index in [0.717, 1.165) is 18.4 Å². The molecule has 23 heavy (non-hydrogen) atoms. The highest BCUT2D eigenvalue weighted by molar-refractivity contribution is 5.85. The number of aliphatic hydroxyl groups excluding tert-OH is 3. The number of phenolic OH excluding ortho intramolecular Hbond substituents is 2. The van der Waals surface area contributed by atoms with Crippen molar-refractivity contribution in [1.82, 2.24) is 0 Å². The van der Waals surface area contributed by atoms with Crippen LogP contribution in [0.1, 0.15) is 0 Å². The summed E-state index contributed by atoms with van der Waals surface area (Å²) in [6.07, 6.45) is -4.82. The predicted octanol–water partition coefficient (Wildman–Crippen LogP) is -0.978. The Hall–Kier alpha value is -2.33. The minimum Gasteiger partial charge on any atom is -0.508 e. The average molecular weight is 326 g/mol. The third-order valence-corrected chi connectivity index (χ3v) is 3.51. The summed E-state index contributed by atoms with van der Waals surface area (Å²) >= 11 is 0. The summed E-state index contributed by atoms with van der Waals surface area (Å²) in [5.41, 5.74) is -0.805. The third kappa shape index (κ3) is 2.70. The quantitative estimate of drug-likeness (QED) is 0.469. The molecule has 1 saturated heterocycles. The first-order chi connectivity index (χ1) is 10.9. The van der Waals surface area contributed by atoms with Crippen LogP contribution in [0.2, 0.25) is 0 Å². The number of ether oxygens (including phenoxy) is 2. The van der Waals surface area contributed by atoms with E-state index in [1.54, 1.807) is 0 Å². The molecule has 0 unspecified atom stereocenters. The Balaban J connectivity index is 1.95. The first-order valence-electron chi connectivity index (χ1n) is 6.68. The van der Waals surface area contributed by atoms with Crippen molar-refractivity contribution in [2.75, 3.05) is 6.61 Å². The van der Waals surface area contributed by atoms with Gasteiger partial charge in [0.25, 0.3) is 0 Å². The van der Waals surface area contributed by atoms with Crippen LogP contribution in [-0.2, 0) is 4.74 Å². The molecule has 1 aliphatic heterocycles. The number of aromatic hydroxyl groups is 2. The van der Waals surface area contributed by atoms with Crippen molar-refractivity contribution in [2.24, 2.45) is 0 Å². The van der Waals surface area contributed by atoms with Gasteiger partial charge in [0.2, 0.25) is 17.5 Å². The first kappa shape index (κ1) is 15.6. The lowest BCUT2D eigenvalue weighted by Crippen LogP contribution is -2.55. The number of rotatable bonds is 2. The van der Waals surface area contributed by atoms with Gasteiger partial charge in [0.05, 0.1) is 6.61 Å². The van der Waals surface area contributed by atoms with E-state index in [0.29, 0.717) is 0 Å². The molecule has 1 aromatic carbocycles. The minimum absolute atomic E-state index is 0.0552. The van der Waals surface area contributed by atoms with Crippen molar-refractivity contribution in [3.05, 3.63) is 28.6 Å². The molecule has 5 N–H and O–H groups in total. The van der Waals surface area contributed by atoms with Crippen LogP contribution < -0.4 is 10.2 Å². The second kappa shape index (κ2) is 5.70. The number of benzene rings is 1. The Morgan fingerprint density at radius 2 is 1.87 bits per heavy atom. The lowest BCUT2D eigenvalue weighted by atomic mass is 10.1. The maximum atomic E-state index is 12.3. The molecule has 2 heterocycles. The monoisotopic (exact) mass is 326 g/mol. The summed E-state index contributed by atoms with van der Waals surface area (Å²) in [7, 11) is 0. The van der Waals surface area contributed by atoms with Crippen molar-refractivity contribution < 1.29 is 39.4 Å². The number of aliphatic hydroxyl groups is 3. The van der Waals surface area contributed by atoms with Crippen LogP contribution in [0.15, 0.2) is 27.6 Å². The first-order valence-corrected chi connectivity index (χ1v) is 6.68. The van der Waals surface area contributed by atoms with Gasteiger partial charge in [-0.15, -0.1) is 0 Å². The van der Waals surface area contributed by atoms with Crippen LogP contribution in [0.4, 0.5) is 0 Å². The Bertz CT molecular complexity index is 784. The standard InChI is InChI=1S/C14H14O9/c15-5-1-6(16)10-8(2-5)21-4-9(12(10)19)23-14-13(20)11(18)7(17)3-22-14/h1-2,4,7,11,13-18,20H,3H2/t7-,11-,13+,14-/m0/s1. The molecule has 0 saturated carbocycles. The molecular weight excluding hydrogens is 312 g/mol. The Morgan fingerprint density at radius 3 is 2.61 bits per heavy atom. The van der Waals surface area contributed by atoms with E-state index in [4.69, 9.17) is 13.9 Å². The molecule has 0 spiro atoms. The predicted molar refractivity (Wildman–Crippen MR) is 74.2 cm³/mol. The van der Waals surface area contributed by atoms with Crippen LogP contribution in [-0.4, -0.2) is 56.7 Å². The van der Waals surface area contributed by atoms with Gasteiger partial charge in [-0.05, 0) is 0 Å². The van der Waals surface area contributed by atoms with Crippen LogP contribution in [0.25, 0.3) is 11.0 Å². The van der Waals surface area contributed by atoms with Gasteiger partial charge < -0.3 is 39.4 Å². The van der Waals surface area contributed by atoms with Gasteiger partial charge >= 0.3 is 0 Å². The highest BCUT2D eigenvalue weighted by atomic mass is 16.7. The number of hydrogen-bond donors (Lipinski definition) is 5. The van der Waals surface area contributed by atoms with Crippen LogP contribution >= 0.6 is 0 Å². The topological polar surface area (TPSA) is 150 Å². The van der Waals surface area contributed by atoms with Gasteiger partial charge in [0.15, 0.2) is 0 Å². The fourth-order valence-corrected chi connectivity index (χ4v) is 2.29. The third-order valence-electron chi connectivity index (χ3n) is 3.51. The lowest BCUT2D eigenvalue weighted by Gasteiger charge is -2.34. The zero-order chi connectivity index (χ0) is 16.7. The van der Waals surface area contributed by atoms with Crippen LogP contribution in [0.5, 0.6) is 17.2 Å². The molecule has 0 bridgehead atoms. The zero-order valence-corrected chi connectivity index (χ0v) is 11.6. The second-order valence-corrected chi connectivity index (χ2v) is 5.14. The van der Waals surface area contributed by atoms with E-state index in [2.05, 4.69) is 0 Å². The van der Waals surface area contributed by atoms with Gasteiger partial charge in [0.1, 0.15) is 47.0 Å². The highest BCUT2D eigenvalue weighted by Gasteiger charge is 2.39. The van der Waals surface area contributed by atoms with Crippen molar-refractivity contribution in [3.8, 4) is 17.2 Å². The maximum Gasteiger partial charge on any atom is 0.238 e. The van der Waals surface area contributed by atoms with E-state index in [9.17, 15) is 30.3 Å². The van der Waals surface area contributed by atoms with E-state index in [1.807, 2.05) is 0 Å². The molecule has 1 aliphatic rings. The summed E-state index contributed by atoms with van der Waals surface area (Å²) in [6.45, 7) is -0.291. The molecule has 1 fully saturated rings. The molecular formula is C14H14O9. The summed E-state index contributed by atoms with van der Waals surface area (Å²) in [5.74, 6) is -1.15. The van der Waals surface area contributed by atoms with E-state index in [-0.39, 0.29) is 29.1 Å². The zero-order valence-electron chi connectivity index (χ0n) is 11.6. The van der Waals surface area contributed by atoms with Crippen molar-refractivity contribution in [3.63, 3.8) is 0 Å². The molecule has 3 rings (SSSR count). The minimum atomic E-state index is -1.58. The summed E-state index contributed by atoms with van der Waals surface area (Å²) in [4.78, 5) is 12.3. The van der Waals surface area contributed by atoms with Gasteiger partial charge in [-0.25, -0.2) is 0 Å². The highest BCUT2D eigenvalue weighted by Crippen LogP contribution is 2.29. The fraction of sp³-hybridized carbons (Fsp3) is 0.357. The van der Waals surface area contributed by atoms with Gasteiger partial charge in [-0.3, -0.25) is 4.79 Å². The molecule has 2 aromatic rings. The largest absolute Gasteiger partial charge is 0.508 e. The summed E-state index contributed by atoms with van der Waals surface area (Å²) < 4.78 is 15.3. The van der Waals surface area contributed by atoms with Gasteiger partial charge in [-0.1, -0.05) is 0 Å². The number of hydrogen-bond acceptors (Lipinski definition) is 9. The normalized spacial score (nSPS) is 28.0. The van der Waals surface area contributed by atoms with Crippen molar-refractivity contribution in [1.29, 1.82) is 0 Å². The Morgan fingerprint density at radius 1 is 1.13 bits per heavy atom. The lowest BCUT2D eigenvalue weighted by molar-refractivity contribution is -0.242. The fourth-order valence-electron chi connectivity index (χ4n) is 2.29. The molecule has 9 heteroatoms. The van der Waals surface area contributed by atoms with Crippen LogP contribution in [0, 0.1) is 0 Å². The van der Waals surface area contributed by atoms with Gasteiger partial charge in [-0.2, -0.15) is 0 Å². The molecule has 0 radical (unpaired) electrons.